The summed E-state index contributed by atoms with van der Waals surface area (Å²) in [6.07, 6.45) is 10.5. The van der Waals surface area contributed by atoms with Gasteiger partial charge in [0.15, 0.2) is 0 Å². The quantitative estimate of drug-likeness (QED) is 0.625. The fourth-order valence-corrected chi connectivity index (χ4v) is 2.61. The summed E-state index contributed by atoms with van der Waals surface area (Å²) in [6.45, 7) is 2.27. The standard InChI is InChI=1S/C12H18N2/c13-10-12(14-8-4-5-9-14)11-6-2-1-3-7-11/h1-2,11-12H,3-9H2. The second-order valence-electron chi connectivity index (χ2n) is 4.36. The highest BCUT2D eigenvalue weighted by atomic mass is 15.2. The minimum atomic E-state index is 0.183. The molecule has 0 amide bonds. The van der Waals surface area contributed by atoms with E-state index in [1.807, 2.05) is 0 Å². The Morgan fingerprint density at radius 3 is 2.64 bits per heavy atom. The van der Waals surface area contributed by atoms with Gasteiger partial charge in [0.2, 0.25) is 0 Å². The maximum Gasteiger partial charge on any atom is 0.101 e. The largest absolute Gasteiger partial charge is 0.288 e. The Kier molecular flexibility index (Phi) is 3.21. The fraction of sp³-hybridized carbons (Fsp3) is 0.750. The van der Waals surface area contributed by atoms with Gasteiger partial charge in [0.05, 0.1) is 6.07 Å². The summed E-state index contributed by atoms with van der Waals surface area (Å²) < 4.78 is 0. The Labute approximate surface area is 86.2 Å². The SMILES string of the molecule is N#CC(C1CC=CCC1)N1CCCC1. The first-order chi connectivity index (χ1) is 6.92. The van der Waals surface area contributed by atoms with Crippen LogP contribution in [0.3, 0.4) is 0 Å². The van der Waals surface area contributed by atoms with E-state index in [0.29, 0.717) is 5.92 Å². The van der Waals surface area contributed by atoms with Gasteiger partial charge in [-0.05, 0) is 51.1 Å². The van der Waals surface area contributed by atoms with Gasteiger partial charge in [-0.25, -0.2) is 0 Å². The van der Waals surface area contributed by atoms with Crippen molar-refractivity contribution in [1.29, 1.82) is 5.26 Å². The Hall–Kier alpha value is -0.810. The molecule has 0 bridgehead atoms. The van der Waals surface area contributed by atoms with Crippen LogP contribution >= 0.6 is 0 Å². The van der Waals surface area contributed by atoms with Crippen LogP contribution in [0.2, 0.25) is 0 Å². The molecular weight excluding hydrogens is 172 g/mol. The minimum Gasteiger partial charge on any atom is -0.288 e. The molecular formula is C12H18N2. The molecule has 0 N–H and O–H groups in total. The van der Waals surface area contributed by atoms with Gasteiger partial charge in [0, 0.05) is 0 Å². The molecule has 1 heterocycles. The van der Waals surface area contributed by atoms with Gasteiger partial charge in [-0.2, -0.15) is 5.26 Å². The average molecular weight is 190 g/mol. The highest BCUT2D eigenvalue weighted by molar-refractivity contribution is 5.03. The Morgan fingerprint density at radius 2 is 2.07 bits per heavy atom. The minimum absolute atomic E-state index is 0.183. The third kappa shape index (κ3) is 1.99. The maximum absolute atomic E-state index is 9.22. The summed E-state index contributed by atoms with van der Waals surface area (Å²) in [5.41, 5.74) is 0. The molecule has 14 heavy (non-hydrogen) atoms. The van der Waals surface area contributed by atoms with Crippen molar-refractivity contribution in [3.8, 4) is 6.07 Å². The molecule has 2 nitrogen and oxygen atoms in total. The average Bonchev–Trinajstić information content (AvgIpc) is 2.74. The van der Waals surface area contributed by atoms with Crippen LogP contribution in [0, 0.1) is 17.2 Å². The van der Waals surface area contributed by atoms with Gasteiger partial charge in [0.1, 0.15) is 6.04 Å². The van der Waals surface area contributed by atoms with E-state index in [9.17, 15) is 5.26 Å². The zero-order valence-electron chi connectivity index (χ0n) is 8.65. The highest BCUT2D eigenvalue weighted by Gasteiger charge is 2.28. The zero-order chi connectivity index (χ0) is 9.80. The predicted molar refractivity (Wildman–Crippen MR) is 56.7 cm³/mol. The molecule has 0 saturated carbocycles. The lowest BCUT2D eigenvalue weighted by Gasteiger charge is -2.29. The molecule has 76 valence electrons. The second kappa shape index (κ2) is 4.61. The van der Waals surface area contributed by atoms with E-state index in [1.165, 1.54) is 19.3 Å². The molecule has 0 aromatic carbocycles. The smallest absolute Gasteiger partial charge is 0.101 e. The van der Waals surface area contributed by atoms with E-state index >= 15 is 0 Å². The number of likely N-dealkylation sites (tertiary alicyclic amines) is 1. The number of nitriles is 1. The molecule has 1 saturated heterocycles. The third-order valence-electron chi connectivity index (χ3n) is 3.42. The van der Waals surface area contributed by atoms with Gasteiger partial charge in [0.25, 0.3) is 0 Å². The van der Waals surface area contributed by atoms with Crippen LogP contribution in [0.5, 0.6) is 0 Å². The number of hydrogen-bond acceptors (Lipinski definition) is 2. The van der Waals surface area contributed by atoms with Gasteiger partial charge >= 0.3 is 0 Å². The number of hydrogen-bond donors (Lipinski definition) is 0. The van der Waals surface area contributed by atoms with Crippen molar-refractivity contribution in [3.05, 3.63) is 12.2 Å². The van der Waals surface area contributed by atoms with Crippen LogP contribution in [0.1, 0.15) is 32.1 Å². The van der Waals surface area contributed by atoms with Crippen molar-refractivity contribution >= 4 is 0 Å². The normalized spacial score (nSPS) is 30.1. The van der Waals surface area contributed by atoms with Gasteiger partial charge in [-0.3, -0.25) is 4.90 Å². The Morgan fingerprint density at radius 1 is 1.29 bits per heavy atom. The molecule has 0 spiro atoms. The molecule has 2 rings (SSSR count). The lowest BCUT2D eigenvalue weighted by molar-refractivity contribution is 0.210. The summed E-state index contributed by atoms with van der Waals surface area (Å²) in [6, 6.07) is 2.69. The van der Waals surface area contributed by atoms with Crippen LogP contribution < -0.4 is 0 Å². The maximum atomic E-state index is 9.22. The van der Waals surface area contributed by atoms with E-state index in [1.54, 1.807) is 0 Å². The first-order valence-electron chi connectivity index (χ1n) is 5.70. The van der Waals surface area contributed by atoms with E-state index in [4.69, 9.17) is 0 Å². The van der Waals surface area contributed by atoms with Crippen molar-refractivity contribution < 1.29 is 0 Å². The topological polar surface area (TPSA) is 27.0 Å². The van der Waals surface area contributed by atoms with E-state index in [0.717, 1.165) is 25.9 Å². The monoisotopic (exact) mass is 190 g/mol. The second-order valence-corrected chi connectivity index (χ2v) is 4.36. The lowest BCUT2D eigenvalue weighted by Crippen LogP contribution is -2.38. The zero-order valence-corrected chi connectivity index (χ0v) is 8.65. The molecule has 2 unspecified atom stereocenters. The van der Waals surface area contributed by atoms with Crippen molar-refractivity contribution in [3.63, 3.8) is 0 Å². The molecule has 0 radical (unpaired) electrons. The van der Waals surface area contributed by atoms with Crippen molar-refractivity contribution in [2.75, 3.05) is 13.1 Å². The summed E-state index contributed by atoms with van der Waals surface area (Å²) in [5, 5.41) is 9.22. The molecule has 1 aliphatic carbocycles. The van der Waals surface area contributed by atoms with Gasteiger partial charge in [-0.1, -0.05) is 12.2 Å². The Balaban J connectivity index is 1.98. The third-order valence-corrected chi connectivity index (χ3v) is 3.42. The van der Waals surface area contributed by atoms with Gasteiger partial charge < -0.3 is 0 Å². The number of rotatable bonds is 2. The molecule has 0 aromatic heterocycles. The van der Waals surface area contributed by atoms with Crippen LogP contribution in [-0.4, -0.2) is 24.0 Å². The first kappa shape index (κ1) is 9.73. The Bertz CT molecular complexity index is 246. The molecule has 2 atom stereocenters. The lowest BCUT2D eigenvalue weighted by atomic mass is 9.87. The first-order valence-corrected chi connectivity index (χ1v) is 5.70. The van der Waals surface area contributed by atoms with Crippen molar-refractivity contribution in [2.45, 2.75) is 38.1 Å². The number of nitrogens with zero attached hydrogens (tertiary/aromatic N) is 2. The highest BCUT2D eigenvalue weighted by Crippen LogP contribution is 2.26. The summed E-state index contributed by atoms with van der Waals surface area (Å²) >= 11 is 0. The van der Waals surface area contributed by atoms with Crippen LogP contribution in [0.25, 0.3) is 0 Å². The predicted octanol–water partition coefficient (Wildman–Crippen LogP) is 2.33. The number of allylic oxidation sites excluding steroid dienone is 2. The van der Waals surface area contributed by atoms with Crippen LogP contribution in [-0.2, 0) is 0 Å². The molecule has 0 aromatic rings. The van der Waals surface area contributed by atoms with Gasteiger partial charge in [-0.15, -0.1) is 0 Å². The van der Waals surface area contributed by atoms with E-state index < -0.39 is 0 Å². The molecule has 1 fully saturated rings. The van der Waals surface area contributed by atoms with Crippen LogP contribution in [0.15, 0.2) is 12.2 Å². The fourth-order valence-electron chi connectivity index (χ4n) is 2.61. The molecule has 1 aliphatic heterocycles. The summed E-state index contributed by atoms with van der Waals surface area (Å²) in [7, 11) is 0. The molecule has 2 aliphatic rings. The summed E-state index contributed by atoms with van der Waals surface area (Å²) in [4.78, 5) is 2.38. The van der Waals surface area contributed by atoms with Crippen molar-refractivity contribution in [1.82, 2.24) is 4.90 Å². The van der Waals surface area contributed by atoms with Crippen LogP contribution in [0.4, 0.5) is 0 Å². The van der Waals surface area contributed by atoms with E-state index in [-0.39, 0.29) is 6.04 Å². The summed E-state index contributed by atoms with van der Waals surface area (Å²) in [5.74, 6) is 0.586. The van der Waals surface area contributed by atoms with E-state index in [2.05, 4.69) is 23.1 Å². The van der Waals surface area contributed by atoms with Crippen molar-refractivity contribution in [2.24, 2.45) is 5.92 Å². The molecule has 2 heteroatoms.